The first-order chi connectivity index (χ1) is 8.43. The van der Waals surface area contributed by atoms with Crippen LogP contribution in [0.2, 0.25) is 5.02 Å². The van der Waals surface area contributed by atoms with Crippen LogP contribution in [0.25, 0.3) is 5.69 Å². The lowest BCUT2D eigenvalue weighted by molar-refractivity contribution is -0.137. The lowest BCUT2D eigenvalue weighted by Crippen LogP contribution is -2.08. The third kappa shape index (κ3) is 2.44. The maximum atomic E-state index is 12.7. The molecule has 0 atom stereocenters. The molecule has 0 saturated heterocycles. The van der Waals surface area contributed by atoms with Gasteiger partial charge in [0.2, 0.25) is 0 Å². The zero-order chi connectivity index (χ0) is 13.3. The van der Waals surface area contributed by atoms with Crippen molar-refractivity contribution in [3.63, 3.8) is 0 Å². The van der Waals surface area contributed by atoms with E-state index in [0.717, 1.165) is 6.07 Å². The third-order valence-electron chi connectivity index (χ3n) is 2.26. The second kappa shape index (κ2) is 4.78. The number of hydrogen-bond donors (Lipinski definition) is 0. The Kier molecular flexibility index (Phi) is 3.49. The van der Waals surface area contributed by atoms with Gasteiger partial charge in [-0.05, 0) is 18.2 Å². The fraction of sp³-hybridized carbons (Fsp3) is 0.200. The number of halogens is 5. The minimum Gasteiger partial charge on any atom is -0.216 e. The van der Waals surface area contributed by atoms with Gasteiger partial charge in [0, 0.05) is 0 Å². The quantitative estimate of drug-likeness (QED) is 0.791. The highest BCUT2D eigenvalue weighted by molar-refractivity contribution is 6.31. The Bertz CT molecular complexity index is 566. The molecule has 0 aliphatic rings. The normalized spacial score (nSPS) is 11.8. The maximum absolute atomic E-state index is 12.7. The van der Waals surface area contributed by atoms with E-state index in [9.17, 15) is 13.2 Å². The third-order valence-corrected chi connectivity index (χ3v) is 2.86. The van der Waals surface area contributed by atoms with Crippen molar-refractivity contribution in [2.75, 3.05) is 0 Å². The van der Waals surface area contributed by atoms with Crippen LogP contribution in [0.4, 0.5) is 13.2 Å². The Morgan fingerprint density at radius 2 is 2.00 bits per heavy atom. The first-order valence-electron chi connectivity index (χ1n) is 4.76. The fourth-order valence-electron chi connectivity index (χ4n) is 1.43. The molecule has 96 valence electrons. The molecule has 2 rings (SSSR count). The van der Waals surface area contributed by atoms with Crippen LogP contribution in [-0.2, 0) is 12.1 Å². The molecule has 0 radical (unpaired) electrons. The molecule has 1 heterocycles. The smallest absolute Gasteiger partial charge is 0.216 e. The summed E-state index contributed by atoms with van der Waals surface area (Å²) in [7, 11) is 0. The number of alkyl halides is 4. The van der Waals surface area contributed by atoms with Crippen molar-refractivity contribution in [3.05, 3.63) is 40.7 Å². The van der Waals surface area contributed by atoms with Crippen LogP contribution in [0.1, 0.15) is 11.3 Å². The number of aromatic nitrogens is 3. The van der Waals surface area contributed by atoms with E-state index in [1.165, 1.54) is 23.0 Å². The molecule has 0 unspecified atom stereocenters. The van der Waals surface area contributed by atoms with Gasteiger partial charge in [0.1, 0.15) is 0 Å². The van der Waals surface area contributed by atoms with Gasteiger partial charge in [-0.3, -0.25) is 0 Å². The molecule has 0 spiro atoms. The molecule has 8 heteroatoms. The van der Waals surface area contributed by atoms with Crippen molar-refractivity contribution in [2.24, 2.45) is 0 Å². The van der Waals surface area contributed by atoms with Crippen LogP contribution in [0, 0.1) is 0 Å². The Morgan fingerprint density at radius 3 is 2.61 bits per heavy atom. The number of benzene rings is 1. The average molecular weight is 296 g/mol. The highest BCUT2D eigenvalue weighted by Crippen LogP contribution is 2.35. The molecule has 0 fully saturated rings. The van der Waals surface area contributed by atoms with Crippen molar-refractivity contribution >= 4 is 23.2 Å². The molecule has 1 aromatic heterocycles. The molecule has 0 saturated carbocycles. The van der Waals surface area contributed by atoms with Crippen LogP contribution in [0.15, 0.2) is 24.4 Å². The van der Waals surface area contributed by atoms with Crippen molar-refractivity contribution in [1.29, 1.82) is 0 Å². The summed E-state index contributed by atoms with van der Waals surface area (Å²) in [6.45, 7) is 0. The summed E-state index contributed by atoms with van der Waals surface area (Å²) in [5.41, 5.74) is -0.218. The van der Waals surface area contributed by atoms with Crippen LogP contribution in [0.3, 0.4) is 0 Å². The van der Waals surface area contributed by atoms with Gasteiger partial charge in [0.15, 0.2) is 0 Å². The van der Waals surface area contributed by atoms with E-state index in [1.54, 1.807) is 0 Å². The summed E-state index contributed by atoms with van der Waals surface area (Å²) in [5.74, 6) is 0.0942. The van der Waals surface area contributed by atoms with Gasteiger partial charge in [-0.2, -0.15) is 13.2 Å². The predicted molar refractivity (Wildman–Crippen MR) is 60.9 cm³/mol. The number of rotatable bonds is 2. The van der Waals surface area contributed by atoms with E-state index in [2.05, 4.69) is 10.3 Å². The predicted octanol–water partition coefficient (Wildman–Crippen LogP) is 3.68. The topological polar surface area (TPSA) is 30.7 Å². The second-order valence-corrected chi connectivity index (χ2v) is 4.11. The Balaban J connectivity index is 2.54. The van der Waals surface area contributed by atoms with E-state index < -0.39 is 11.7 Å². The summed E-state index contributed by atoms with van der Waals surface area (Å²) < 4.78 is 39.3. The highest BCUT2D eigenvalue weighted by Gasteiger charge is 2.33. The van der Waals surface area contributed by atoms with Gasteiger partial charge >= 0.3 is 6.18 Å². The molecule has 0 amide bonds. The molecule has 0 aliphatic heterocycles. The lowest BCUT2D eigenvalue weighted by Gasteiger charge is -2.11. The van der Waals surface area contributed by atoms with Crippen molar-refractivity contribution < 1.29 is 13.2 Å². The largest absolute Gasteiger partial charge is 0.417 e. The second-order valence-electron chi connectivity index (χ2n) is 3.43. The zero-order valence-electron chi connectivity index (χ0n) is 8.75. The van der Waals surface area contributed by atoms with Crippen molar-refractivity contribution in [3.8, 4) is 5.69 Å². The molecule has 1 aromatic carbocycles. The van der Waals surface area contributed by atoms with Crippen LogP contribution >= 0.6 is 23.2 Å². The molecular formula is C10H6Cl2F3N3. The fourth-order valence-corrected chi connectivity index (χ4v) is 1.83. The van der Waals surface area contributed by atoms with Crippen LogP contribution in [-0.4, -0.2) is 15.0 Å². The first kappa shape index (κ1) is 13.2. The zero-order valence-corrected chi connectivity index (χ0v) is 10.3. The van der Waals surface area contributed by atoms with Crippen molar-refractivity contribution in [1.82, 2.24) is 15.0 Å². The van der Waals surface area contributed by atoms with Crippen LogP contribution in [0.5, 0.6) is 0 Å². The standard InChI is InChI=1S/C10H6Cl2F3N3/c11-4-7-5-16-17-18(7)6-1-2-9(12)8(3-6)10(13,14)15/h1-3,5H,4H2. The average Bonchev–Trinajstić information content (AvgIpc) is 2.76. The number of hydrogen-bond acceptors (Lipinski definition) is 2. The maximum Gasteiger partial charge on any atom is 0.417 e. The van der Waals surface area contributed by atoms with E-state index in [0.29, 0.717) is 5.69 Å². The SMILES string of the molecule is FC(F)(F)c1cc(-n2nncc2CCl)ccc1Cl. The summed E-state index contributed by atoms with van der Waals surface area (Å²) in [4.78, 5) is 0. The van der Waals surface area contributed by atoms with Gasteiger partial charge in [0.05, 0.1) is 34.0 Å². The molecule has 0 aliphatic carbocycles. The minimum atomic E-state index is -4.52. The Labute approximate surface area is 110 Å². The van der Waals surface area contributed by atoms with Gasteiger partial charge in [-0.1, -0.05) is 16.8 Å². The molecular weight excluding hydrogens is 290 g/mol. The summed E-state index contributed by atoms with van der Waals surface area (Å²) in [6.07, 6.45) is -3.14. The summed E-state index contributed by atoms with van der Waals surface area (Å²) in [6, 6.07) is 3.49. The molecule has 2 aromatic rings. The van der Waals surface area contributed by atoms with Gasteiger partial charge in [-0.25, -0.2) is 4.68 Å². The summed E-state index contributed by atoms with van der Waals surface area (Å²) >= 11 is 11.2. The van der Waals surface area contributed by atoms with Crippen molar-refractivity contribution in [2.45, 2.75) is 12.1 Å². The van der Waals surface area contributed by atoms with E-state index in [-0.39, 0.29) is 16.6 Å². The van der Waals surface area contributed by atoms with Gasteiger partial charge < -0.3 is 0 Å². The molecule has 0 N–H and O–H groups in total. The van der Waals surface area contributed by atoms with Crippen LogP contribution < -0.4 is 0 Å². The minimum absolute atomic E-state index is 0.0942. The summed E-state index contributed by atoms with van der Waals surface area (Å²) in [5, 5.41) is 6.92. The molecule has 3 nitrogen and oxygen atoms in total. The molecule has 18 heavy (non-hydrogen) atoms. The Morgan fingerprint density at radius 1 is 1.28 bits per heavy atom. The monoisotopic (exact) mass is 295 g/mol. The Hall–Kier alpha value is -1.27. The number of nitrogens with zero attached hydrogens (tertiary/aromatic N) is 3. The van der Waals surface area contributed by atoms with E-state index >= 15 is 0 Å². The van der Waals surface area contributed by atoms with Gasteiger partial charge in [-0.15, -0.1) is 16.7 Å². The van der Waals surface area contributed by atoms with Gasteiger partial charge in [0.25, 0.3) is 0 Å². The lowest BCUT2D eigenvalue weighted by atomic mass is 10.2. The van der Waals surface area contributed by atoms with E-state index in [4.69, 9.17) is 23.2 Å². The van der Waals surface area contributed by atoms with E-state index in [1.807, 2.05) is 0 Å². The molecule has 0 bridgehead atoms. The first-order valence-corrected chi connectivity index (χ1v) is 5.67. The highest BCUT2D eigenvalue weighted by atomic mass is 35.5.